The molecule has 1 aliphatic rings. The number of primary amides is 1. The number of imide groups is 1. The number of rotatable bonds is 5. The van der Waals surface area contributed by atoms with E-state index in [-0.39, 0.29) is 25.3 Å². The van der Waals surface area contributed by atoms with Gasteiger partial charge in [-0.1, -0.05) is 18.2 Å². The molecule has 22 heavy (non-hydrogen) atoms. The van der Waals surface area contributed by atoms with Gasteiger partial charge in [0.2, 0.25) is 5.91 Å². The van der Waals surface area contributed by atoms with Gasteiger partial charge in [-0.2, -0.15) is 0 Å². The maximum atomic E-state index is 12.2. The number of carbonyl (C=O) groups is 4. The van der Waals surface area contributed by atoms with Crippen LogP contribution in [0.5, 0.6) is 0 Å². The van der Waals surface area contributed by atoms with Gasteiger partial charge in [-0.15, -0.1) is 0 Å². The highest BCUT2D eigenvalue weighted by molar-refractivity contribution is 6.09. The molecule has 0 unspecified atom stereocenters. The smallest absolute Gasteiger partial charge is 0.308 e. The fraction of sp³-hybridized carbons (Fsp3) is 0.333. The third kappa shape index (κ3) is 3.30. The van der Waals surface area contributed by atoms with Gasteiger partial charge in [0.1, 0.15) is 0 Å². The van der Waals surface area contributed by atoms with E-state index in [0.29, 0.717) is 11.1 Å². The van der Waals surface area contributed by atoms with Crippen molar-refractivity contribution in [1.29, 1.82) is 0 Å². The quantitative estimate of drug-likeness (QED) is 0.609. The minimum absolute atomic E-state index is 0.0870. The van der Waals surface area contributed by atoms with Crippen LogP contribution in [0.3, 0.4) is 0 Å². The molecule has 0 spiro atoms. The number of carbonyl (C=O) groups excluding carboxylic acids is 4. The fourth-order valence-corrected chi connectivity index (χ4v) is 2.14. The van der Waals surface area contributed by atoms with Gasteiger partial charge < -0.3 is 10.5 Å². The maximum absolute atomic E-state index is 12.2. The molecular formula is C15H16N2O5. The number of hydrogen-bond acceptors (Lipinski definition) is 5. The Bertz CT molecular complexity index is 641. The van der Waals surface area contributed by atoms with Crippen LogP contribution < -0.4 is 5.73 Å². The second kappa shape index (κ2) is 6.38. The van der Waals surface area contributed by atoms with Crippen molar-refractivity contribution >= 4 is 23.7 Å². The highest BCUT2D eigenvalue weighted by Gasteiger charge is 2.31. The van der Waals surface area contributed by atoms with E-state index >= 15 is 0 Å². The number of esters is 1. The van der Waals surface area contributed by atoms with Crippen molar-refractivity contribution in [2.75, 3.05) is 6.54 Å². The molecule has 7 heteroatoms. The van der Waals surface area contributed by atoms with Gasteiger partial charge in [0.05, 0.1) is 12.8 Å². The summed E-state index contributed by atoms with van der Waals surface area (Å²) in [6.07, 6.45) is -1.10. The first-order chi connectivity index (χ1) is 10.4. The summed E-state index contributed by atoms with van der Waals surface area (Å²) < 4.78 is 4.78. The Morgan fingerprint density at radius 2 is 2.00 bits per heavy atom. The van der Waals surface area contributed by atoms with E-state index in [0.717, 1.165) is 4.90 Å². The Hall–Kier alpha value is -2.70. The second-order valence-electron chi connectivity index (χ2n) is 4.97. The first kappa shape index (κ1) is 15.7. The molecule has 0 aromatic heterocycles. The van der Waals surface area contributed by atoms with Gasteiger partial charge in [-0.25, -0.2) is 0 Å². The molecule has 1 aromatic rings. The third-order valence-corrected chi connectivity index (χ3v) is 3.38. The number of nitrogens with two attached hydrogens (primary N) is 1. The number of nitrogens with zero attached hydrogens (tertiary/aromatic N) is 1. The molecule has 0 aliphatic carbocycles. The van der Waals surface area contributed by atoms with E-state index in [9.17, 15) is 19.2 Å². The molecule has 0 radical (unpaired) electrons. The van der Waals surface area contributed by atoms with Crippen LogP contribution in [0, 0.1) is 0 Å². The van der Waals surface area contributed by atoms with Gasteiger partial charge in [0.15, 0.2) is 6.10 Å². The predicted octanol–water partition coefficient (Wildman–Crippen LogP) is 0.0186. The van der Waals surface area contributed by atoms with Crippen molar-refractivity contribution in [3.05, 3.63) is 35.4 Å². The van der Waals surface area contributed by atoms with Crippen LogP contribution >= 0.6 is 0 Å². The van der Waals surface area contributed by atoms with Crippen molar-refractivity contribution < 1.29 is 23.9 Å². The average molecular weight is 304 g/mol. The summed E-state index contributed by atoms with van der Waals surface area (Å²) in [5.74, 6) is -2.24. The first-order valence-electron chi connectivity index (χ1n) is 6.81. The Balaban J connectivity index is 1.99. The Morgan fingerprint density at radius 3 is 2.68 bits per heavy atom. The molecule has 2 rings (SSSR count). The summed E-state index contributed by atoms with van der Waals surface area (Å²) in [6, 6.07) is 6.85. The van der Waals surface area contributed by atoms with Crippen LogP contribution in [-0.4, -0.2) is 41.2 Å². The lowest BCUT2D eigenvalue weighted by atomic mass is 9.98. The van der Waals surface area contributed by atoms with Crippen LogP contribution in [0.1, 0.15) is 29.3 Å². The van der Waals surface area contributed by atoms with Crippen molar-refractivity contribution in [2.45, 2.75) is 25.9 Å². The van der Waals surface area contributed by atoms with E-state index in [4.69, 9.17) is 10.5 Å². The standard InChI is InChI=1S/C15H16N2O5/c1-9(14(16)20)22-13(19)6-7-17-12(18)8-10-4-2-3-5-11(10)15(17)21/h2-5,9H,6-8H2,1H3,(H2,16,20)/t9-/m0/s1. The molecule has 1 heterocycles. The number of benzene rings is 1. The third-order valence-electron chi connectivity index (χ3n) is 3.38. The Morgan fingerprint density at radius 1 is 1.32 bits per heavy atom. The van der Waals surface area contributed by atoms with Crippen molar-refractivity contribution in [1.82, 2.24) is 4.90 Å². The SMILES string of the molecule is C[C@H](OC(=O)CCN1C(=O)Cc2ccccc2C1=O)C(N)=O. The summed E-state index contributed by atoms with van der Waals surface area (Å²) in [5.41, 5.74) is 6.12. The Kier molecular flexibility index (Phi) is 4.55. The monoisotopic (exact) mass is 304 g/mol. The lowest BCUT2D eigenvalue weighted by Crippen LogP contribution is -2.43. The van der Waals surface area contributed by atoms with Crippen molar-refractivity contribution in [2.24, 2.45) is 5.73 Å². The average Bonchev–Trinajstić information content (AvgIpc) is 2.46. The van der Waals surface area contributed by atoms with Gasteiger partial charge >= 0.3 is 5.97 Å². The fourth-order valence-electron chi connectivity index (χ4n) is 2.14. The second-order valence-corrected chi connectivity index (χ2v) is 4.97. The lowest BCUT2D eigenvalue weighted by molar-refractivity contribution is -0.154. The van der Waals surface area contributed by atoms with Crippen molar-refractivity contribution in [3.8, 4) is 0 Å². The predicted molar refractivity (Wildman–Crippen MR) is 75.6 cm³/mol. The topological polar surface area (TPSA) is 107 Å². The molecule has 2 N–H and O–H groups in total. The van der Waals surface area contributed by atoms with Crippen LogP contribution in [-0.2, 0) is 25.5 Å². The molecule has 1 atom stereocenters. The largest absolute Gasteiger partial charge is 0.453 e. The molecule has 3 amide bonds. The van der Waals surface area contributed by atoms with Gasteiger partial charge in [-0.05, 0) is 18.6 Å². The normalized spacial score (nSPS) is 15.2. The summed E-state index contributed by atoms with van der Waals surface area (Å²) in [4.78, 5) is 47.7. The Labute approximate surface area is 127 Å². The molecule has 116 valence electrons. The summed E-state index contributed by atoms with van der Waals surface area (Å²) >= 11 is 0. The number of hydrogen-bond donors (Lipinski definition) is 1. The number of amides is 3. The van der Waals surface area contributed by atoms with Crippen LogP contribution in [0.2, 0.25) is 0 Å². The van der Waals surface area contributed by atoms with Crippen LogP contribution in [0.25, 0.3) is 0 Å². The molecule has 1 aromatic carbocycles. The summed E-state index contributed by atoms with van der Waals surface area (Å²) in [5, 5.41) is 0. The molecule has 0 saturated carbocycles. The lowest BCUT2D eigenvalue weighted by Gasteiger charge is -2.26. The molecule has 1 aliphatic heterocycles. The van der Waals surface area contributed by atoms with E-state index in [2.05, 4.69) is 0 Å². The zero-order chi connectivity index (χ0) is 16.3. The van der Waals surface area contributed by atoms with Gasteiger partial charge in [0, 0.05) is 12.1 Å². The van der Waals surface area contributed by atoms with E-state index in [1.165, 1.54) is 6.92 Å². The molecule has 0 saturated heterocycles. The van der Waals surface area contributed by atoms with Gasteiger partial charge in [0.25, 0.3) is 11.8 Å². The van der Waals surface area contributed by atoms with Crippen LogP contribution in [0.4, 0.5) is 0 Å². The van der Waals surface area contributed by atoms with E-state index < -0.39 is 23.9 Å². The molecule has 7 nitrogen and oxygen atoms in total. The maximum Gasteiger partial charge on any atom is 0.308 e. The van der Waals surface area contributed by atoms with Crippen LogP contribution in [0.15, 0.2) is 24.3 Å². The van der Waals surface area contributed by atoms with E-state index in [1.807, 2.05) is 0 Å². The first-order valence-corrected chi connectivity index (χ1v) is 6.81. The van der Waals surface area contributed by atoms with Crippen molar-refractivity contribution in [3.63, 3.8) is 0 Å². The highest BCUT2D eigenvalue weighted by Crippen LogP contribution is 2.19. The minimum Gasteiger partial charge on any atom is -0.453 e. The van der Waals surface area contributed by atoms with Gasteiger partial charge in [-0.3, -0.25) is 24.1 Å². The molecular weight excluding hydrogens is 288 g/mol. The summed E-state index contributed by atoms with van der Waals surface area (Å²) in [6.45, 7) is 1.27. The van der Waals surface area contributed by atoms with E-state index in [1.54, 1.807) is 24.3 Å². The summed E-state index contributed by atoms with van der Waals surface area (Å²) in [7, 11) is 0. The minimum atomic E-state index is -1.04. The zero-order valence-electron chi connectivity index (χ0n) is 12.1. The molecule has 0 bridgehead atoms. The number of fused-ring (bicyclic) bond motifs is 1. The highest BCUT2D eigenvalue weighted by atomic mass is 16.5. The molecule has 0 fully saturated rings. The zero-order valence-corrected chi connectivity index (χ0v) is 12.1. The number of ether oxygens (including phenoxy) is 1.